The highest BCUT2D eigenvalue weighted by Gasteiger charge is 2.36. The Morgan fingerprint density at radius 1 is 1.48 bits per heavy atom. The highest BCUT2D eigenvalue weighted by atomic mass is 16.6. The number of imidazole rings is 1. The van der Waals surface area contributed by atoms with Crippen molar-refractivity contribution in [1.82, 2.24) is 9.55 Å². The van der Waals surface area contributed by atoms with Crippen molar-refractivity contribution in [1.29, 1.82) is 0 Å². The largest absolute Gasteiger partial charge is 0.493 e. The van der Waals surface area contributed by atoms with Gasteiger partial charge in [-0.05, 0) is 22.6 Å². The monoisotopic (exact) mass is 319 g/mol. The minimum atomic E-state index is -0.536. The lowest BCUT2D eigenvalue weighted by Crippen LogP contribution is -2.39. The second-order valence-electron chi connectivity index (χ2n) is 5.96. The first-order chi connectivity index (χ1) is 11.0. The number of benzene rings is 1. The molecular weight excluding hydrogens is 302 g/mol. The normalized spacial score (nSPS) is 19.7. The molecule has 0 spiro atoms. The van der Waals surface area contributed by atoms with Gasteiger partial charge in [0, 0.05) is 11.5 Å². The van der Waals surface area contributed by atoms with Crippen molar-refractivity contribution in [3.05, 3.63) is 46.1 Å². The molecule has 1 atom stereocenters. The third-order valence-corrected chi connectivity index (χ3v) is 3.71. The van der Waals surface area contributed by atoms with Crippen LogP contribution in [0.5, 0.6) is 11.8 Å². The van der Waals surface area contributed by atoms with Crippen LogP contribution in [0.3, 0.4) is 0 Å². The molecule has 0 bridgehead atoms. The predicted molar refractivity (Wildman–Crippen MR) is 80.3 cm³/mol. The number of hydrogen-bond donors (Lipinski definition) is 1. The molecule has 1 aromatic carbocycles. The third kappa shape index (κ3) is 3.26. The minimum absolute atomic E-state index is 0.00593. The second-order valence-corrected chi connectivity index (χ2v) is 5.96. The summed E-state index contributed by atoms with van der Waals surface area (Å²) < 4.78 is 13.0. The van der Waals surface area contributed by atoms with E-state index in [1.807, 2.05) is 6.92 Å². The van der Waals surface area contributed by atoms with Gasteiger partial charge in [-0.1, -0.05) is 19.1 Å². The summed E-state index contributed by atoms with van der Waals surface area (Å²) in [5.74, 6) is 0.482. The Labute approximate surface area is 132 Å². The standard InChI is InChI=1S/C15H17N3O5/c1-15(9-22-12-4-2-11(7-19)3-5-12)8-17-6-13(18(20)21)16-14(17)23-10-15/h2-6,19H,7-10H2,1H3/t15-/m1/s1. The molecule has 8 heteroatoms. The fourth-order valence-electron chi connectivity index (χ4n) is 2.43. The van der Waals surface area contributed by atoms with E-state index in [0.29, 0.717) is 25.5 Å². The van der Waals surface area contributed by atoms with Crippen molar-refractivity contribution < 1.29 is 19.5 Å². The lowest BCUT2D eigenvalue weighted by Gasteiger charge is -2.32. The van der Waals surface area contributed by atoms with Crippen molar-refractivity contribution >= 4 is 5.82 Å². The number of aliphatic hydroxyl groups is 1. The Morgan fingerprint density at radius 3 is 2.87 bits per heavy atom. The molecule has 1 aliphatic rings. The van der Waals surface area contributed by atoms with Crippen molar-refractivity contribution in [3.8, 4) is 11.8 Å². The molecule has 3 rings (SSSR count). The maximum Gasteiger partial charge on any atom is 0.414 e. The average molecular weight is 319 g/mol. The molecule has 0 saturated heterocycles. The second kappa shape index (κ2) is 5.88. The van der Waals surface area contributed by atoms with E-state index in [-0.39, 0.29) is 23.9 Å². The Kier molecular flexibility index (Phi) is 3.91. The Hall–Kier alpha value is -2.61. The van der Waals surface area contributed by atoms with E-state index < -0.39 is 4.92 Å². The Morgan fingerprint density at radius 2 is 2.22 bits per heavy atom. The van der Waals surface area contributed by atoms with Crippen LogP contribution < -0.4 is 9.47 Å². The van der Waals surface area contributed by atoms with Crippen LogP contribution in [0.4, 0.5) is 5.82 Å². The number of aromatic nitrogens is 2. The zero-order valence-corrected chi connectivity index (χ0v) is 12.6. The van der Waals surface area contributed by atoms with Gasteiger partial charge in [-0.2, -0.15) is 0 Å². The topological polar surface area (TPSA) is 99.7 Å². The number of hydrogen-bond acceptors (Lipinski definition) is 6. The summed E-state index contributed by atoms with van der Waals surface area (Å²) in [6.45, 7) is 3.28. The molecule has 0 aliphatic carbocycles. The zero-order chi connectivity index (χ0) is 16.4. The minimum Gasteiger partial charge on any atom is -0.493 e. The maximum atomic E-state index is 10.8. The van der Waals surface area contributed by atoms with Crippen LogP contribution in [0, 0.1) is 15.5 Å². The molecule has 0 unspecified atom stereocenters. The average Bonchev–Trinajstić information content (AvgIpc) is 2.96. The lowest BCUT2D eigenvalue weighted by atomic mass is 9.92. The van der Waals surface area contributed by atoms with Gasteiger partial charge in [0.2, 0.25) is 0 Å². The first kappa shape index (κ1) is 15.3. The summed E-state index contributed by atoms with van der Waals surface area (Å²) in [6.07, 6.45) is 1.38. The molecule has 122 valence electrons. The van der Waals surface area contributed by atoms with E-state index in [1.165, 1.54) is 6.20 Å². The van der Waals surface area contributed by atoms with Gasteiger partial charge < -0.3 is 24.7 Å². The quantitative estimate of drug-likeness (QED) is 0.666. The van der Waals surface area contributed by atoms with E-state index in [1.54, 1.807) is 28.8 Å². The third-order valence-electron chi connectivity index (χ3n) is 3.71. The summed E-state index contributed by atoms with van der Waals surface area (Å²) >= 11 is 0. The maximum absolute atomic E-state index is 10.8. The van der Waals surface area contributed by atoms with Gasteiger partial charge in [-0.15, -0.1) is 0 Å². The van der Waals surface area contributed by atoms with Crippen molar-refractivity contribution in [3.63, 3.8) is 0 Å². The molecule has 0 saturated carbocycles. The van der Waals surface area contributed by atoms with E-state index in [2.05, 4.69) is 4.98 Å². The molecule has 8 nitrogen and oxygen atoms in total. The molecule has 0 radical (unpaired) electrons. The van der Waals surface area contributed by atoms with E-state index in [0.717, 1.165) is 5.56 Å². The molecular formula is C15H17N3O5. The first-order valence-electron chi connectivity index (χ1n) is 7.16. The number of rotatable bonds is 5. The highest BCUT2D eigenvalue weighted by molar-refractivity contribution is 5.27. The van der Waals surface area contributed by atoms with Crippen LogP contribution in [0.15, 0.2) is 30.5 Å². The molecule has 1 N–H and O–H groups in total. The summed E-state index contributed by atoms with van der Waals surface area (Å²) in [7, 11) is 0. The van der Waals surface area contributed by atoms with Gasteiger partial charge in [-0.3, -0.25) is 4.57 Å². The van der Waals surface area contributed by atoms with Crippen LogP contribution in [-0.2, 0) is 13.2 Å². The number of nitro groups is 1. The highest BCUT2D eigenvalue weighted by Crippen LogP contribution is 2.31. The molecule has 0 amide bonds. The first-order valence-corrected chi connectivity index (χ1v) is 7.16. The van der Waals surface area contributed by atoms with Gasteiger partial charge in [0.15, 0.2) is 0 Å². The van der Waals surface area contributed by atoms with Crippen LogP contribution in [0.25, 0.3) is 0 Å². The molecule has 2 heterocycles. The Bertz CT molecular complexity index is 712. The van der Waals surface area contributed by atoms with Crippen molar-refractivity contribution in [2.45, 2.75) is 20.1 Å². The van der Waals surface area contributed by atoms with Crippen LogP contribution in [0.1, 0.15) is 12.5 Å². The van der Waals surface area contributed by atoms with E-state index >= 15 is 0 Å². The number of fused-ring (bicyclic) bond motifs is 1. The summed E-state index contributed by atoms with van der Waals surface area (Å²) in [6, 6.07) is 7.46. The van der Waals surface area contributed by atoms with Crippen LogP contribution in [0.2, 0.25) is 0 Å². The van der Waals surface area contributed by atoms with Gasteiger partial charge in [0.05, 0.1) is 18.6 Å². The smallest absolute Gasteiger partial charge is 0.414 e. The Balaban J connectivity index is 1.66. The predicted octanol–water partition coefficient (Wildman–Crippen LogP) is 1.76. The molecule has 1 aromatic heterocycles. The fourth-order valence-corrected chi connectivity index (χ4v) is 2.43. The van der Waals surface area contributed by atoms with Crippen LogP contribution >= 0.6 is 0 Å². The number of aliphatic hydroxyl groups excluding tert-OH is 1. The molecule has 2 aromatic rings. The van der Waals surface area contributed by atoms with E-state index in [4.69, 9.17) is 14.6 Å². The zero-order valence-electron chi connectivity index (χ0n) is 12.6. The lowest BCUT2D eigenvalue weighted by molar-refractivity contribution is -0.389. The SMILES string of the molecule is C[C@@]1(COc2ccc(CO)cc2)COc2nc([N+](=O)[O-])cn2C1. The number of nitrogens with zero attached hydrogens (tertiary/aromatic N) is 3. The molecule has 23 heavy (non-hydrogen) atoms. The fraction of sp³-hybridized carbons (Fsp3) is 0.400. The van der Waals surface area contributed by atoms with Gasteiger partial charge in [0.25, 0.3) is 0 Å². The molecule has 1 aliphatic heterocycles. The summed E-state index contributed by atoms with van der Waals surface area (Å²) in [5.41, 5.74) is 0.497. The summed E-state index contributed by atoms with van der Waals surface area (Å²) in [4.78, 5) is 14.1. The number of ether oxygens (including phenoxy) is 2. The van der Waals surface area contributed by atoms with E-state index in [9.17, 15) is 10.1 Å². The van der Waals surface area contributed by atoms with Crippen LogP contribution in [-0.4, -0.2) is 32.8 Å². The van der Waals surface area contributed by atoms with Gasteiger partial charge >= 0.3 is 11.8 Å². The van der Waals surface area contributed by atoms with Gasteiger partial charge in [0.1, 0.15) is 18.6 Å². The summed E-state index contributed by atoms with van der Waals surface area (Å²) in [5, 5.41) is 19.8. The van der Waals surface area contributed by atoms with Crippen molar-refractivity contribution in [2.75, 3.05) is 13.2 Å². The van der Waals surface area contributed by atoms with Crippen molar-refractivity contribution in [2.24, 2.45) is 5.41 Å². The van der Waals surface area contributed by atoms with Gasteiger partial charge in [-0.25, -0.2) is 0 Å². The molecule has 0 fully saturated rings.